The summed E-state index contributed by atoms with van der Waals surface area (Å²) in [5.41, 5.74) is 5.98. The summed E-state index contributed by atoms with van der Waals surface area (Å²) in [6.45, 7) is 3.55. The number of carbonyl (C=O) groups excluding carboxylic acids is 4. The number of nitro benzene ring substituents is 2. The first kappa shape index (κ1) is 38.0. The number of primary amides is 1. The van der Waals surface area contributed by atoms with Crippen LogP contribution in [0.4, 0.5) is 21.0 Å². The fraction of sp³-hybridized carbons (Fsp3) is 0.455. The average molecular weight is 743 g/mol. The molecule has 19 heteroatoms. The zero-order valence-corrected chi connectivity index (χ0v) is 29.1. The number of β-lactam (4-membered cyclic amide) rings is 1. The van der Waals surface area contributed by atoms with E-state index in [4.69, 9.17) is 19.9 Å². The van der Waals surface area contributed by atoms with Crippen molar-refractivity contribution in [2.45, 2.75) is 56.9 Å². The molecule has 278 valence electrons. The zero-order chi connectivity index (χ0) is 37.7. The Morgan fingerprint density at radius 2 is 1.60 bits per heavy atom. The van der Waals surface area contributed by atoms with Crippen molar-refractivity contribution in [3.05, 3.63) is 90.5 Å². The van der Waals surface area contributed by atoms with Gasteiger partial charge in [-0.25, -0.2) is 14.4 Å². The number of nitrogens with two attached hydrogens (primary N) is 1. The summed E-state index contributed by atoms with van der Waals surface area (Å²) in [5.74, 6) is -2.27. The Bertz CT molecular complexity index is 1740. The minimum atomic E-state index is -0.962. The van der Waals surface area contributed by atoms with Crippen molar-refractivity contribution >= 4 is 47.1 Å². The van der Waals surface area contributed by atoms with Gasteiger partial charge >= 0.3 is 18.1 Å². The fourth-order valence-electron chi connectivity index (χ4n) is 6.53. The number of nitro groups is 2. The van der Waals surface area contributed by atoms with Gasteiger partial charge in [0.25, 0.3) is 11.4 Å². The second-order valence-corrected chi connectivity index (χ2v) is 13.9. The Morgan fingerprint density at radius 1 is 1.02 bits per heavy atom. The molecular weight excluding hydrogens is 704 g/mol. The lowest BCUT2D eigenvalue weighted by atomic mass is 9.79. The number of aliphatic hydroxyl groups is 1. The van der Waals surface area contributed by atoms with Crippen LogP contribution in [0.5, 0.6) is 0 Å². The predicted octanol–water partition coefficient (Wildman–Crippen LogP) is 2.81. The molecule has 18 nitrogen and oxygen atoms in total. The van der Waals surface area contributed by atoms with Crippen LogP contribution in [0.25, 0.3) is 0 Å². The number of amides is 4. The first-order valence-corrected chi connectivity index (χ1v) is 17.2. The lowest BCUT2D eigenvalue weighted by molar-refractivity contribution is -0.385. The molecule has 0 aliphatic carbocycles. The molecule has 0 unspecified atom stereocenters. The van der Waals surface area contributed by atoms with E-state index in [0.29, 0.717) is 22.5 Å². The molecule has 5 rings (SSSR count). The number of fused-ring (bicyclic) bond motifs is 1. The van der Waals surface area contributed by atoms with Gasteiger partial charge in [-0.1, -0.05) is 6.92 Å². The van der Waals surface area contributed by atoms with Gasteiger partial charge < -0.3 is 40.2 Å². The van der Waals surface area contributed by atoms with Gasteiger partial charge in [0.05, 0.1) is 47.2 Å². The van der Waals surface area contributed by atoms with E-state index in [-0.39, 0.29) is 67.8 Å². The summed E-state index contributed by atoms with van der Waals surface area (Å²) in [6.07, 6.45) is -1.22. The van der Waals surface area contributed by atoms with Crippen LogP contribution in [0.3, 0.4) is 0 Å². The van der Waals surface area contributed by atoms with Crippen LogP contribution in [0, 0.1) is 32.1 Å². The minimum Gasteiger partial charge on any atom is -0.456 e. The first-order chi connectivity index (χ1) is 24.8. The number of benzene rings is 2. The van der Waals surface area contributed by atoms with E-state index < -0.39 is 58.0 Å². The standard InChI is InChI=1S/C33H38N6O12S/c1-18-27-26(19(2)40)30(41)37(27)28(31(42)50-15-20-3-7-22(8-4-20)38(45)46)29(18)52-25-13-24(17-49-12-11-35-32(34)43)36(14-25)33(44)51-16-21-5-9-23(10-6-21)39(47)48/h3-10,18-19,24-27,40H,11-17H2,1-2H3,(H3,34,35,43)/t18-,19+,24-,25-,26+,27+/m0/s1. The number of urea groups is 1. The number of likely N-dealkylation sites (tertiary alicyclic amines) is 1. The second kappa shape index (κ2) is 16.4. The van der Waals surface area contributed by atoms with E-state index in [9.17, 15) is 44.5 Å². The van der Waals surface area contributed by atoms with Crippen LogP contribution in [0.15, 0.2) is 59.1 Å². The summed E-state index contributed by atoms with van der Waals surface area (Å²) in [7, 11) is 0. The van der Waals surface area contributed by atoms with Gasteiger partial charge in [0, 0.05) is 53.4 Å². The molecule has 0 radical (unpaired) electrons. The largest absolute Gasteiger partial charge is 0.456 e. The van der Waals surface area contributed by atoms with E-state index in [2.05, 4.69) is 5.32 Å². The molecule has 2 aromatic rings. The topological polar surface area (TPSA) is 247 Å². The molecule has 4 N–H and O–H groups in total. The first-order valence-electron chi connectivity index (χ1n) is 16.4. The number of ether oxygens (including phenoxy) is 3. The fourth-order valence-corrected chi connectivity index (χ4v) is 8.09. The van der Waals surface area contributed by atoms with E-state index in [1.54, 1.807) is 0 Å². The third-order valence-electron chi connectivity index (χ3n) is 9.09. The Morgan fingerprint density at radius 3 is 2.13 bits per heavy atom. The van der Waals surface area contributed by atoms with E-state index in [1.165, 1.54) is 77.0 Å². The van der Waals surface area contributed by atoms with Crippen molar-refractivity contribution in [2.75, 3.05) is 26.3 Å². The molecule has 2 saturated heterocycles. The maximum Gasteiger partial charge on any atom is 0.410 e. The van der Waals surface area contributed by atoms with Crippen LogP contribution in [0.1, 0.15) is 31.4 Å². The maximum atomic E-state index is 13.7. The van der Waals surface area contributed by atoms with Crippen LogP contribution in [-0.2, 0) is 37.0 Å². The number of esters is 1. The SMILES string of the molecule is C[C@@H]1C(S[C@H]2C[C@@H](COCCNC(N)=O)N(C(=O)OCc3ccc([N+](=O)[O-])cc3)C2)=C(C(=O)OCc2ccc([N+](=O)[O-])cc2)N2C(=O)[C@H]([C@@H](C)O)[C@@H]12. The number of thioether (sulfide) groups is 1. The summed E-state index contributed by atoms with van der Waals surface area (Å²) >= 11 is 1.33. The van der Waals surface area contributed by atoms with E-state index in [0.717, 1.165) is 0 Å². The van der Waals surface area contributed by atoms with Crippen LogP contribution >= 0.6 is 11.8 Å². The molecule has 4 amide bonds. The molecule has 2 aromatic carbocycles. The summed E-state index contributed by atoms with van der Waals surface area (Å²) in [4.78, 5) is 75.7. The lowest BCUT2D eigenvalue weighted by Gasteiger charge is -2.46. The zero-order valence-electron chi connectivity index (χ0n) is 28.2. The van der Waals surface area contributed by atoms with Crippen molar-refractivity contribution < 1.29 is 48.3 Å². The number of hydrogen-bond donors (Lipinski definition) is 3. The number of non-ortho nitro benzene ring substituents is 2. The van der Waals surface area contributed by atoms with Crippen molar-refractivity contribution in [3.8, 4) is 0 Å². The number of aliphatic hydroxyl groups excluding tert-OH is 1. The quantitative estimate of drug-likeness (QED) is 0.0782. The van der Waals surface area contributed by atoms with Gasteiger partial charge in [0.2, 0.25) is 5.91 Å². The summed E-state index contributed by atoms with van der Waals surface area (Å²) in [6, 6.07) is 9.44. The highest BCUT2D eigenvalue weighted by Gasteiger charge is 2.60. The number of rotatable bonds is 15. The molecule has 0 bridgehead atoms. The number of nitrogens with one attached hydrogen (secondary N) is 1. The maximum absolute atomic E-state index is 13.7. The van der Waals surface area contributed by atoms with Gasteiger partial charge in [-0.05, 0) is 48.7 Å². The second-order valence-electron chi connectivity index (χ2n) is 12.6. The summed E-state index contributed by atoms with van der Waals surface area (Å²) in [5, 5.41) is 34.6. The van der Waals surface area contributed by atoms with Gasteiger partial charge in [-0.3, -0.25) is 25.0 Å². The van der Waals surface area contributed by atoms with Gasteiger partial charge in [-0.2, -0.15) is 0 Å². The highest BCUT2D eigenvalue weighted by molar-refractivity contribution is 8.03. The molecule has 3 heterocycles. The third kappa shape index (κ3) is 8.43. The number of carbonyl (C=O) groups is 4. The molecular formula is C33H38N6O12S. The molecule has 0 aromatic heterocycles. The van der Waals surface area contributed by atoms with Crippen molar-refractivity contribution in [3.63, 3.8) is 0 Å². The molecule has 0 saturated carbocycles. The highest BCUT2D eigenvalue weighted by Crippen LogP contribution is 2.52. The highest BCUT2D eigenvalue weighted by atomic mass is 32.2. The number of nitrogens with zero attached hydrogens (tertiary/aromatic N) is 4. The van der Waals surface area contributed by atoms with Crippen molar-refractivity contribution in [2.24, 2.45) is 17.6 Å². The molecule has 3 aliphatic heterocycles. The minimum absolute atomic E-state index is 0.0517. The molecule has 52 heavy (non-hydrogen) atoms. The Kier molecular flexibility index (Phi) is 12.0. The van der Waals surface area contributed by atoms with Crippen molar-refractivity contribution in [1.82, 2.24) is 15.1 Å². The third-order valence-corrected chi connectivity index (χ3v) is 10.6. The lowest BCUT2D eigenvalue weighted by Crippen LogP contribution is -2.63. The Labute approximate surface area is 301 Å². The van der Waals surface area contributed by atoms with Crippen LogP contribution in [-0.4, -0.2) is 98.5 Å². The summed E-state index contributed by atoms with van der Waals surface area (Å²) < 4.78 is 16.9. The Balaban J connectivity index is 1.33. The average Bonchev–Trinajstić information content (AvgIpc) is 3.61. The van der Waals surface area contributed by atoms with Gasteiger partial charge in [0.1, 0.15) is 18.9 Å². The molecule has 0 spiro atoms. The Hall–Kier alpha value is -5.27. The van der Waals surface area contributed by atoms with Gasteiger partial charge in [0.15, 0.2) is 0 Å². The molecule has 3 aliphatic rings. The number of hydrogen-bond acceptors (Lipinski definition) is 13. The predicted molar refractivity (Wildman–Crippen MR) is 183 cm³/mol. The van der Waals surface area contributed by atoms with Crippen LogP contribution < -0.4 is 11.1 Å². The van der Waals surface area contributed by atoms with Crippen LogP contribution in [0.2, 0.25) is 0 Å². The van der Waals surface area contributed by atoms with Gasteiger partial charge in [-0.15, -0.1) is 11.8 Å². The monoisotopic (exact) mass is 742 g/mol. The molecule has 6 atom stereocenters. The van der Waals surface area contributed by atoms with E-state index in [1.807, 2.05) is 6.92 Å². The normalized spacial score (nSPS) is 22.8. The van der Waals surface area contributed by atoms with Crippen molar-refractivity contribution in [1.29, 1.82) is 0 Å². The van der Waals surface area contributed by atoms with E-state index >= 15 is 0 Å². The smallest absolute Gasteiger partial charge is 0.410 e. The molecule has 2 fully saturated rings.